The first-order valence-electron chi connectivity index (χ1n) is 5.22. The highest BCUT2D eigenvalue weighted by Gasteiger charge is 2.32. The number of rotatable bonds is 1. The van der Waals surface area contributed by atoms with E-state index in [0.29, 0.717) is 0 Å². The zero-order chi connectivity index (χ0) is 8.55. The van der Waals surface area contributed by atoms with E-state index >= 15 is 0 Å². The van der Waals surface area contributed by atoms with Crippen LogP contribution in [0.15, 0.2) is 11.6 Å². The molecule has 68 valence electrons. The Kier molecular flexibility index (Phi) is 2.22. The van der Waals surface area contributed by atoms with Gasteiger partial charge in [-0.1, -0.05) is 25.5 Å². The minimum Gasteiger partial charge on any atom is -0.310 e. The number of hydrogen-bond donors (Lipinski definition) is 1. The van der Waals surface area contributed by atoms with Crippen LogP contribution < -0.4 is 5.32 Å². The average molecular weight is 165 g/mol. The van der Waals surface area contributed by atoms with Crippen molar-refractivity contribution >= 4 is 0 Å². The van der Waals surface area contributed by atoms with Crippen molar-refractivity contribution in [3.8, 4) is 0 Å². The van der Waals surface area contributed by atoms with Gasteiger partial charge < -0.3 is 5.32 Å². The molecule has 0 aromatic rings. The summed E-state index contributed by atoms with van der Waals surface area (Å²) in [5.74, 6) is 1.69. The predicted octanol–water partition coefficient (Wildman–Crippen LogP) is 2.34. The zero-order valence-corrected chi connectivity index (χ0v) is 8.14. The molecule has 2 rings (SSSR count). The first kappa shape index (κ1) is 8.31. The minimum absolute atomic E-state index is 0.735. The Hall–Kier alpha value is -0.300. The van der Waals surface area contributed by atoms with Gasteiger partial charge in [-0.3, -0.25) is 0 Å². The second-order valence-electron chi connectivity index (χ2n) is 4.42. The van der Waals surface area contributed by atoms with Gasteiger partial charge in [0, 0.05) is 6.04 Å². The van der Waals surface area contributed by atoms with Gasteiger partial charge in [-0.25, -0.2) is 0 Å². The third kappa shape index (κ3) is 1.31. The van der Waals surface area contributed by atoms with Crippen LogP contribution >= 0.6 is 0 Å². The fraction of sp³-hybridized carbons (Fsp3) is 0.818. The molecule has 2 unspecified atom stereocenters. The molecule has 1 heterocycles. The largest absolute Gasteiger partial charge is 0.310 e. The summed E-state index contributed by atoms with van der Waals surface area (Å²) in [6, 6.07) is 0.735. The monoisotopic (exact) mass is 165 g/mol. The van der Waals surface area contributed by atoms with Gasteiger partial charge in [-0.05, 0) is 37.6 Å². The molecule has 2 atom stereocenters. The molecule has 1 heteroatoms. The molecule has 1 aliphatic heterocycles. The summed E-state index contributed by atoms with van der Waals surface area (Å²) >= 11 is 0. The minimum atomic E-state index is 0.735. The Labute approximate surface area is 75.2 Å². The highest BCUT2D eigenvalue weighted by Crippen LogP contribution is 2.33. The maximum atomic E-state index is 3.62. The lowest BCUT2D eigenvalue weighted by Gasteiger charge is -2.29. The van der Waals surface area contributed by atoms with Gasteiger partial charge in [-0.15, -0.1) is 0 Å². The second kappa shape index (κ2) is 3.21. The first-order valence-corrected chi connectivity index (χ1v) is 5.22. The topological polar surface area (TPSA) is 12.0 Å². The van der Waals surface area contributed by atoms with Crippen molar-refractivity contribution in [2.75, 3.05) is 6.54 Å². The molecule has 0 aromatic heterocycles. The molecule has 0 spiro atoms. The Morgan fingerprint density at radius 1 is 1.42 bits per heavy atom. The van der Waals surface area contributed by atoms with E-state index in [9.17, 15) is 0 Å². The summed E-state index contributed by atoms with van der Waals surface area (Å²) in [6.45, 7) is 5.86. The lowest BCUT2D eigenvalue weighted by atomic mass is 9.80. The number of allylic oxidation sites excluding steroid dienone is 1. The smallest absolute Gasteiger partial charge is 0.0310 e. The lowest BCUT2D eigenvalue weighted by Crippen LogP contribution is -2.33. The summed E-state index contributed by atoms with van der Waals surface area (Å²) < 4.78 is 0. The fourth-order valence-electron chi connectivity index (χ4n) is 2.64. The van der Waals surface area contributed by atoms with Crippen LogP contribution in [0.1, 0.15) is 33.1 Å². The van der Waals surface area contributed by atoms with Gasteiger partial charge in [0.05, 0.1) is 0 Å². The molecule has 2 aliphatic rings. The molecular weight excluding hydrogens is 146 g/mol. The van der Waals surface area contributed by atoms with E-state index in [1.54, 1.807) is 5.57 Å². The van der Waals surface area contributed by atoms with Crippen LogP contribution in [-0.2, 0) is 0 Å². The van der Waals surface area contributed by atoms with E-state index in [4.69, 9.17) is 0 Å². The van der Waals surface area contributed by atoms with Crippen LogP contribution in [0, 0.1) is 11.8 Å². The molecule has 0 radical (unpaired) electrons. The zero-order valence-electron chi connectivity index (χ0n) is 8.14. The first-order chi connectivity index (χ1) is 5.79. The maximum absolute atomic E-state index is 3.62. The normalized spacial score (nSPS) is 35.1. The molecule has 1 nitrogen and oxygen atoms in total. The maximum Gasteiger partial charge on any atom is 0.0310 e. The number of hydrogen-bond acceptors (Lipinski definition) is 1. The summed E-state index contributed by atoms with van der Waals surface area (Å²) in [4.78, 5) is 0. The summed E-state index contributed by atoms with van der Waals surface area (Å²) in [5.41, 5.74) is 1.67. The molecule has 1 N–H and O–H groups in total. The van der Waals surface area contributed by atoms with Crippen LogP contribution in [0.5, 0.6) is 0 Å². The molecule has 1 aliphatic carbocycles. The Morgan fingerprint density at radius 3 is 3.00 bits per heavy atom. The van der Waals surface area contributed by atoms with Crippen LogP contribution in [0.4, 0.5) is 0 Å². The van der Waals surface area contributed by atoms with Crippen molar-refractivity contribution in [2.45, 2.75) is 39.2 Å². The summed E-state index contributed by atoms with van der Waals surface area (Å²) in [5, 5.41) is 3.62. The van der Waals surface area contributed by atoms with Crippen LogP contribution in [0.3, 0.4) is 0 Å². The van der Waals surface area contributed by atoms with Crippen molar-refractivity contribution in [1.29, 1.82) is 0 Å². The third-order valence-electron chi connectivity index (χ3n) is 3.29. The molecule has 1 saturated heterocycles. The highest BCUT2D eigenvalue weighted by molar-refractivity contribution is 5.19. The van der Waals surface area contributed by atoms with Crippen LogP contribution in [0.2, 0.25) is 0 Å². The van der Waals surface area contributed by atoms with Gasteiger partial charge in [0.1, 0.15) is 0 Å². The van der Waals surface area contributed by atoms with Crippen LogP contribution in [-0.4, -0.2) is 12.6 Å². The van der Waals surface area contributed by atoms with E-state index in [-0.39, 0.29) is 0 Å². The van der Waals surface area contributed by atoms with E-state index < -0.39 is 0 Å². The summed E-state index contributed by atoms with van der Waals surface area (Å²) in [7, 11) is 0. The van der Waals surface area contributed by atoms with E-state index in [0.717, 1.165) is 17.9 Å². The van der Waals surface area contributed by atoms with Crippen LogP contribution in [0.25, 0.3) is 0 Å². The quantitative estimate of drug-likeness (QED) is 0.588. The van der Waals surface area contributed by atoms with Crippen molar-refractivity contribution in [3.63, 3.8) is 0 Å². The van der Waals surface area contributed by atoms with Gasteiger partial charge in [0.15, 0.2) is 0 Å². The molecule has 0 saturated carbocycles. The molecule has 12 heavy (non-hydrogen) atoms. The Morgan fingerprint density at radius 2 is 2.25 bits per heavy atom. The predicted molar refractivity (Wildman–Crippen MR) is 52.1 cm³/mol. The SMILES string of the molecule is CC(C)C1=CCCC2CCNC12. The van der Waals surface area contributed by atoms with E-state index in [1.165, 1.54) is 25.8 Å². The fourth-order valence-corrected chi connectivity index (χ4v) is 2.64. The molecule has 0 aromatic carbocycles. The second-order valence-corrected chi connectivity index (χ2v) is 4.42. The molecule has 0 amide bonds. The number of nitrogens with one attached hydrogen (secondary N) is 1. The van der Waals surface area contributed by atoms with Crippen molar-refractivity contribution in [1.82, 2.24) is 5.32 Å². The molecular formula is C11H19N. The molecule has 0 bridgehead atoms. The Balaban J connectivity index is 2.16. The number of fused-ring (bicyclic) bond motifs is 1. The lowest BCUT2D eigenvalue weighted by molar-refractivity contribution is 0.415. The highest BCUT2D eigenvalue weighted by atomic mass is 15.0. The molecule has 1 fully saturated rings. The van der Waals surface area contributed by atoms with Gasteiger partial charge in [0.25, 0.3) is 0 Å². The standard InChI is InChI=1S/C11H19N/c1-8(2)10-5-3-4-9-6-7-12-11(9)10/h5,8-9,11-12H,3-4,6-7H2,1-2H3. The van der Waals surface area contributed by atoms with Gasteiger partial charge in [0.2, 0.25) is 0 Å². The van der Waals surface area contributed by atoms with Crippen molar-refractivity contribution in [3.05, 3.63) is 11.6 Å². The van der Waals surface area contributed by atoms with Crippen molar-refractivity contribution < 1.29 is 0 Å². The third-order valence-corrected chi connectivity index (χ3v) is 3.29. The van der Waals surface area contributed by atoms with Crippen molar-refractivity contribution in [2.24, 2.45) is 11.8 Å². The van der Waals surface area contributed by atoms with Gasteiger partial charge in [-0.2, -0.15) is 0 Å². The average Bonchev–Trinajstić information content (AvgIpc) is 2.49. The Bertz CT molecular complexity index is 193. The van der Waals surface area contributed by atoms with E-state index in [1.807, 2.05) is 0 Å². The van der Waals surface area contributed by atoms with E-state index in [2.05, 4.69) is 25.2 Å². The van der Waals surface area contributed by atoms with Gasteiger partial charge >= 0.3 is 0 Å². The summed E-state index contributed by atoms with van der Waals surface area (Å²) in [6.07, 6.45) is 6.59.